The lowest BCUT2D eigenvalue weighted by molar-refractivity contribution is -0.135. The van der Waals surface area contributed by atoms with Gasteiger partial charge in [0.15, 0.2) is 0 Å². The Bertz CT molecular complexity index is 649. The number of rotatable bonds is 3. The summed E-state index contributed by atoms with van der Waals surface area (Å²) >= 11 is 0. The van der Waals surface area contributed by atoms with Crippen LogP contribution in [0.1, 0.15) is 11.1 Å². The van der Waals surface area contributed by atoms with Crippen molar-refractivity contribution >= 4 is 17.4 Å². The SMILES string of the molecule is O=C(Cc1ccccc1)C(=O)N1CCc2ccccc21. The van der Waals surface area contributed by atoms with E-state index in [2.05, 4.69) is 0 Å². The van der Waals surface area contributed by atoms with E-state index in [-0.39, 0.29) is 12.2 Å². The molecular weight excluding hydrogens is 250 g/mol. The maximum Gasteiger partial charge on any atom is 0.294 e. The van der Waals surface area contributed by atoms with Gasteiger partial charge in [0.1, 0.15) is 0 Å². The molecule has 3 rings (SSSR count). The van der Waals surface area contributed by atoms with Gasteiger partial charge in [0.2, 0.25) is 5.78 Å². The normalized spacial score (nSPS) is 13.1. The number of Topliss-reactive ketones (excluding diaryl/α,β-unsaturated/α-hetero) is 1. The molecule has 0 saturated heterocycles. The summed E-state index contributed by atoms with van der Waals surface area (Å²) in [6.45, 7) is 0.596. The van der Waals surface area contributed by atoms with Gasteiger partial charge in [-0.3, -0.25) is 9.59 Å². The van der Waals surface area contributed by atoms with Gasteiger partial charge in [-0.25, -0.2) is 0 Å². The molecule has 1 aliphatic heterocycles. The summed E-state index contributed by atoms with van der Waals surface area (Å²) in [6.07, 6.45) is 0.985. The number of amides is 1. The van der Waals surface area contributed by atoms with E-state index in [1.165, 1.54) is 0 Å². The van der Waals surface area contributed by atoms with Gasteiger partial charge in [0.05, 0.1) is 0 Å². The quantitative estimate of drug-likeness (QED) is 0.799. The van der Waals surface area contributed by atoms with E-state index in [4.69, 9.17) is 0 Å². The van der Waals surface area contributed by atoms with Gasteiger partial charge < -0.3 is 4.90 Å². The Morgan fingerprint density at radius 2 is 1.65 bits per heavy atom. The minimum atomic E-state index is -0.404. The predicted molar refractivity (Wildman–Crippen MR) is 77.7 cm³/mol. The highest BCUT2D eigenvalue weighted by Gasteiger charge is 2.28. The zero-order valence-electron chi connectivity index (χ0n) is 11.1. The summed E-state index contributed by atoms with van der Waals surface area (Å²) in [4.78, 5) is 26.0. The molecule has 0 spiro atoms. The molecule has 0 fully saturated rings. The Hall–Kier alpha value is -2.42. The first-order valence-electron chi connectivity index (χ1n) is 6.72. The number of nitrogens with zero attached hydrogens (tertiary/aromatic N) is 1. The monoisotopic (exact) mass is 265 g/mol. The van der Waals surface area contributed by atoms with Crippen LogP contribution in [0.2, 0.25) is 0 Å². The number of hydrogen-bond acceptors (Lipinski definition) is 2. The molecule has 3 nitrogen and oxygen atoms in total. The second kappa shape index (κ2) is 5.29. The molecule has 0 saturated carbocycles. The van der Waals surface area contributed by atoms with Gasteiger partial charge in [-0.15, -0.1) is 0 Å². The van der Waals surface area contributed by atoms with Crippen molar-refractivity contribution < 1.29 is 9.59 Å². The molecule has 20 heavy (non-hydrogen) atoms. The van der Waals surface area contributed by atoms with Crippen LogP contribution >= 0.6 is 0 Å². The average molecular weight is 265 g/mol. The van der Waals surface area contributed by atoms with Crippen molar-refractivity contribution in [2.45, 2.75) is 12.8 Å². The Balaban J connectivity index is 1.76. The van der Waals surface area contributed by atoms with Crippen molar-refractivity contribution in [2.24, 2.45) is 0 Å². The number of anilines is 1. The van der Waals surface area contributed by atoms with Crippen LogP contribution in [0.15, 0.2) is 54.6 Å². The highest BCUT2D eigenvalue weighted by molar-refractivity contribution is 6.41. The molecule has 0 radical (unpaired) electrons. The Labute approximate surface area is 117 Å². The van der Waals surface area contributed by atoms with E-state index in [9.17, 15) is 9.59 Å². The minimum absolute atomic E-state index is 0.165. The second-order valence-electron chi connectivity index (χ2n) is 4.92. The van der Waals surface area contributed by atoms with Crippen molar-refractivity contribution in [1.82, 2.24) is 0 Å². The van der Waals surface area contributed by atoms with E-state index in [1.54, 1.807) is 4.90 Å². The largest absolute Gasteiger partial charge is 0.305 e. The number of hydrogen-bond donors (Lipinski definition) is 0. The predicted octanol–water partition coefficient (Wildman–Crippen LogP) is 2.39. The number of carbonyl (C=O) groups excluding carboxylic acids is 2. The summed E-state index contributed by atoms with van der Waals surface area (Å²) in [5, 5.41) is 0. The lowest BCUT2D eigenvalue weighted by Gasteiger charge is -2.16. The third-order valence-electron chi connectivity index (χ3n) is 3.58. The van der Waals surface area contributed by atoms with E-state index >= 15 is 0 Å². The molecule has 100 valence electrons. The Morgan fingerprint density at radius 1 is 0.950 bits per heavy atom. The van der Waals surface area contributed by atoms with Crippen molar-refractivity contribution in [3.8, 4) is 0 Å². The van der Waals surface area contributed by atoms with Gasteiger partial charge >= 0.3 is 0 Å². The van der Waals surface area contributed by atoms with Crippen LogP contribution in [0, 0.1) is 0 Å². The van der Waals surface area contributed by atoms with E-state index < -0.39 is 5.91 Å². The fourth-order valence-electron chi connectivity index (χ4n) is 2.56. The van der Waals surface area contributed by atoms with Gasteiger partial charge in [0.25, 0.3) is 5.91 Å². The van der Waals surface area contributed by atoms with Crippen LogP contribution in [0.3, 0.4) is 0 Å². The first kappa shape index (κ1) is 12.6. The van der Waals surface area contributed by atoms with Gasteiger partial charge in [-0.05, 0) is 23.6 Å². The van der Waals surface area contributed by atoms with Crippen LogP contribution < -0.4 is 4.90 Å². The topological polar surface area (TPSA) is 37.4 Å². The molecule has 0 N–H and O–H groups in total. The number of ketones is 1. The number of fused-ring (bicyclic) bond motifs is 1. The lowest BCUT2D eigenvalue weighted by atomic mass is 10.1. The highest BCUT2D eigenvalue weighted by atomic mass is 16.2. The van der Waals surface area contributed by atoms with Crippen LogP contribution in [0.4, 0.5) is 5.69 Å². The highest BCUT2D eigenvalue weighted by Crippen LogP contribution is 2.27. The molecule has 1 aliphatic rings. The molecule has 0 unspecified atom stereocenters. The second-order valence-corrected chi connectivity index (χ2v) is 4.92. The zero-order valence-corrected chi connectivity index (χ0v) is 11.1. The molecule has 3 heteroatoms. The van der Waals surface area contributed by atoms with E-state index in [0.717, 1.165) is 23.2 Å². The summed E-state index contributed by atoms with van der Waals surface area (Å²) in [7, 11) is 0. The standard InChI is InChI=1S/C17H15NO2/c19-16(12-13-6-2-1-3-7-13)17(20)18-11-10-14-8-4-5-9-15(14)18/h1-9H,10-12H2. The van der Waals surface area contributed by atoms with Crippen LogP contribution in [-0.4, -0.2) is 18.2 Å². The first-order valence-corrected chi connectivity index (χ1v) is 6.72. The fraction of sp³-hybridized carbons (Fsp3) is 0.176. The molecule has 1 amide bonds. The average Bonchev–Trinajstić information content (AvgIpc) is 2.91. The van der Waals surface area contributed by atoms with Crippen molar-refractivity contribution in [2.75, 3.05) is 11.4 Å². The van der Waals surface area contributed by atoms with Gasteiger partial charge in [0, 0.05) is 18.7 Å². The van der Waals surface area contributed by atoms with Crippen molar-refractivity contribution in [1.29, 1.82) is 0 Å². The first-order chi connectivity index (χ1) is 9.75. The summed E-state index contributed by atoms with van der Waals surface area (Å²) in [5.74, 6) is -0.758. The maximum atomic E-state index is 12.3. The van der Waals surface area contributed by atoms with Crippen LogP contribution in [0.5, 0.6) is 0 Å². The fourth-order valence-corrected chi connectivity index (χ4v) is 2.56. The smallest absolute Gasteiger partial charge is 0.294 e. The molecule has 0 bridgehead atoms. The number of para-hydroxylation sites is 1. The summed E-state index contributed by atoms with van der Waals surface area (Å²) < 4.78 is 0. The Kier molecular flexibility index (Phi) is 3.33. The molecule has 2 aromatic rings. The zero-order chi connectivity index (χ0) is 13.9. The molecule has 2 aromatic carbocycles. The third-order valence-corrected chi connectivity index (χ3v) is 3.58. The summed E-state index contributed by atoms with van der Waals surface area (Å²) in [5.41, 5.74) is 2.88. The molecule has 0 aromatic heterocycles. The Morgan fingerprint density at radius 3 is 2.45 bits per heavy atom. The van der Waals surface area contributed by atoms with Crippen molar-refractivity contribution in [3.63, 3.8) is 0 Å². The van der Waals surface area contributed by atoms with Gasteiger partial charge in [-0.1, -0.05) is 48.5 Å². The van der Waals surface area contributed by atoms with E-state index in [1.807, 2.05) is 54.6 Å². The maximum absolute atomic E-state index is 12.3. The molecule has 1 heterocycles. The van der Waals surface area contributed by atoms with Crippen LogP contribution in [0.25, 0.3) is 0 Å². The number of carbonyl (C=O) groups is 2. The lowest BCUT2D eigenvalue weighted by Crippen LogP contribution is -2.36. The molecule has 0 aliphatic carbocycles. The van der Waals surface area contributed by atoms with Crippen LogP contribution in [-0.2, 0) is 22.4 Å². The van der Waals surface area contributed by atoms with Gasteiger partial charge in [-0.2, -0.15) is 0 Å². The van der Waals surface area contributed by atoms with Crippen molar-refractivity contribution in [3.05, 3.63) is 65.7 Å². The van der Waals surface area contributed by atoms with E-state index in [0.29, 0.717) is 6.54 Å². The third kappa shape index (κ3) is 2.35. The molecule has 0 atom stereocenters. The molecular formula is C17H15NO2. The minimum Gasteiger partial charge on any atom is -0.305 e. The summed E-state index contributed by atoms with van der Waals surface area (Å²) in [6, 6.07) is 17.1. The number of benzene rings is 2.